The van der Waals surface area contributed by atoms with Gasteiger partial charge in [0.25, 0.3) is 0 Å². The molecule has 0 saturated carbocycles. The summed E-state index contributed by atoms with van der Waals surface area (Å²) in [6.07, 6.45) is 9.71. The van der Waals surface area contributed by atoms with Crippen LogP contribution in [0.25, 0.3) is 5.57 Å². The van der Waals surface area contributed by atoms with Crippen molar-refractivity contribution in [3.05, 3.63) is 60.0 Å². The molecule has 0 fully saturated rings. The van der Waals surface area contributed by atoms with Crippen molar-refractivity contribution in [2.24, 2.45) is 0 Å². The number of hydrogen-bond acceptors (Lipinski definition) is 1. The van der Waals surface area contributed by atoms with Crippen LogP contribution in [0.3, 0.4) is 0 Å². The van der Waals surface area contributed by atoms with Crippen molar-refractivity contribution in [1.82, 2.24) is 4.98 Å². The van der Waals surface area contributed by atoms with E-state index in [0.717, 1.165) is 11.1 Å². The second-order valence-electron chi connectivity index (χ2n) is 3.49. The van der Waals surface area contributed by atoms with Gasteiger partial charge in [0, 0.05) is 18.0 Å². The Bertz CT molecular complexity index is 411. The first-order chi connectivity index (χ1) is 7.20. The van der Waals surface area contributed by atoms with Crippen molar-refractivity contribution in [2.75, 3.05) is 0 Å². The third kappa shape index (κ3) is 2.66. The molecule has 0 aliphatic heterocycles. The number of allylic oxidation sites excluding steroid dienone is 5. The van der Waals surface area contributed by atoms with Gasteiger partial charge in [-0.05, 0) is 43.5 Å². The van der Waals surface area contributed by atoms with Gasteiger partial charge in [0.1, 0.15) is 0 Å². The molecule has 1 aromatic heterocycles. The summed E-state index contributed by atoms with van der Waals surface area (Å²) < 4.78 is 0. The first kappa shape index (κ1) is 11.4. The zero-order valence-corrected chi connectivity index (χ0v) is 9.62. The number of hydrogen-bond donors (Lipinski definition) is 0. The van der Waals surface area contributed by atoms with E-state index in [1.165, 1.54) is 11.1 Å². The first-order valence-corrected chi connectivity index (χ1v) is 5.07. The molecule has 0 N–H and O–H groups in total. The van der Waals surface area contributed by atoms with Crippen LogP contribution in [0.5, 0.6) is 0 Å². The number of rotatable bonds is 3. The van der Waals surface area contributed by atoms with Crippen molar-refractivity contribution in [3.8, 4) is 0 Å². The SMILES string of the molecule is C=C/C(=C(C)\C=C/C)c1cnccc1C. The molecule has 78 valence electrons. The minimum absolute atomic E-state index is 1.15. The zero-order valence-electron chi connectivity index (χ0n) is 9.62. The van der Waals surface area contributed by atoms with E-state index in [4.69, 9.17) is 0 Å². The van der Waals surface area contributed by atoms with Gasteiger partial charge in [-0.15, -0.1) is 0 Å². The highest BCUT2D eigenvalue weighted by molar-refractivity contribution is 5.78. The highest BCUT2D eigenvalue weighted by atomic mass is 14.6. The molecule has 0 unspecified atom stereocenters. The normalized spacial score (nSPS) is 12.7. The average Bonchev–Trinajstić information content (AvgIpc) is 2.22. The van der Waals surface area contributed by atoms with Gasteiger partial charge in [0.05, 0.1) is 0 Å². The van der Waals surface area contributed by atoms with E-state index in [2.05, 4.69) is 31.5 Å². The molecule has 0 spiro atoms. The lowest BCUT2D eigenvalue weighted by molar-refractivity contribution is 1.26. The van der Waals surface area contributed by atoms with Crippen molar-refractivity contribution in [3.63, 3.8) is 0 Å². The van der Waals surface area contributed by atoms with Gasteiger partial charge in [0.15, 0.2) is 0 Å². The van der Waals surface area contributed by atoms with Crippen LogP contribution in [0.4, 0.5) is 0 Å². The number of pyridine rings is 1. The van der Waals surface area contributed by atoms with E-state index in [9.17, 15) is 0 Å². The first-order valence-electron chi connectivity index (χ1n) is 5.07. The molecule has 0 radical (unpaired) electrons. The quantitative estimate of drug-likeness (QED) is 0.672. The fraction of sp³-hybridized carbons (Fsp3) is 0.214. The molecule has 0 aliphatic rings. The molecule has 15 heavy (non-hydrogen) atoms. The molecular weight excluding hydrogens is 182 g/mol. The lowest BCUT2D eigenvalue weighted by Crippen LogP contribution is -1.90. The Morgan fingerprint density at radius 3 is 2.73 bits per heavy atom. The third-order valence-electron chi connectivity index (χ3n) is 2.37. The minimum atomic E-state index is 1.15. The second-order valence-corrected chi connectivity index (χ2v) is 3.49. The van der Waals surface area contributed by atoms with Crippen molar-refractivity contribution in [2.45, 2.75) is 20.8 Å². The van der Waals surface area contributed by atoms with Crippen LogP contribution < -0.4 is 0 Å². The molecule has 0 aromatic carbocycles. The standard InChI is InChI=1S/C14H17N/c1-5-7-11(3)13(6-2)14-10-15-9-8-12(14)4/h5-10H,2H2,1,3-4H3/b7-5-,13-11+. The van der Waals surface area contributed by atoms with E-state index in [-0.39, 0.29) is 0 Å². The van der Waals surface area contributed by atoms with Crippen LogP contribution in [-0.2, 0) is 0 Å². The lowest BCUT2D eigenvalue weighted by atomic mass is 9.98. The monoisotopic (exact) mass is 199 g/mol. The molecule has 0 aliphatic carbocycles. The molecule has 1 rings (SSSR count). The van der Waals surface area contributed by atoms with E-state index < -0.39 is 0 Å². The van der Waals surface area contributed by atoms with Gasteiger partial charge in [0.2, 0.25) is 0 Å². The molecule has 0 amide bonds. The summed E-state index contributed by atoms with van der Waals surface area (Å²) in [7, 11) is 0. The largest absolute Gasteiger partial charge is 0.264 e. The fourth-order valence-corrected chi connectivity index (χ4v) is 1.57. The maximum atomic E-state index is 4.15. The summed E-state index contributed by atoms with van der Waals surface area (Å²) in [5, 5.41) is 0. The van der Waals surface area contributed by atoms with Gasteiger partial charge in [-0.3, -0.25) is 4.98 Å². The summed E-state index contributed by atoms with van der Waals surface area (Å²) in [6.45, 7) is 10.1. The van der Waals surface area contributed by atoms with Crippen LogP contribution in [0.15, 0.2) is 48.8 Å². The van der Waals surface area contributed by atoms with Gasteiger partial charge < -0.3 is 0 Å². The van der Waals surface area contributed by atoms with Crippen molar-refractivity contribution < 1.29 is 0 Å². The van der Waals surface area contributed by atoms with Crippen LogP contribution in [0.2, 0.25) is 0 Å². The number of aryl methyl sites for hydroxylation is 1. The molecule has 1 nitrogen and oxygen atoms in total. The average molecular weight is 199 g/mol. The molecule has 1 aromatic rings. The predicted molar refractivity (Wildman–Crippen MR) is 66.6 cm³/mol. The van der Waals surface area contributed by atoms with E-state index >= 15 is 0 Å². The molecule has 0 atom stereocenters. The third-order valence-corrected chi connectivity index (χ3v) is 2.37. The smallest absolute Gasteiger partial charge is 0.0349 e. The minimum Gasteiger partial charge on any atom is -0.264 e. The summed E-state index contributed by atoms with van der Waals surface area (Å²) in [4.78, 5) is 4.15. The predicted octanol–water partition coefficient (Wildman–Crippen LogP) is 3.93. The maximum Gasteiger partial charge on any atom is 0.0349 e. The molecular formula is C14H17N. The Morgan fingerprint density at radius 2 is 2.20 bits per heavy atom. The number of nitrogens with zero attached hydrogens (tertiary/aromatic N) is 1. The van der Waals surface area contributed by atoms with Crippen molar-refractivity contribution >= 4 is 5.57 Å². The summed E-state index contributed by atoms with van der Waals surface area (Å²) in [5.74, 6) is 0. The van der Waals surface area contributed by atoms with Gasteiger partial charge >= 0.3 is 0 Å². The van der Waals surface area contributed by atoms with Gasteiger partial charge in [-0.25, -0.2) is 0 Å². The van der Waals surface area contributed by atoms with Crippen molar-refractivity contribution in [1.29, 1.82) is 0 Å². The van der Waals surface area contributed by atoms with Crippen LogP contribution in [-0.4, -0.2) is 4.98 Å². The summed E-state index contributed by atoms with van der Waals surface area (Å²) in [6, 6.07) is 2.02. The van der Waals surface area contributed by atoms with E-state index in [1.54, 1.807) is 0 Å². The van der Waals surface area contributed by atoms with Crippen LogP contribution in [0, 0.1) is 6.92 Å². The second kappa shape index (κ2) is 5.30. The van der Waals surface area contributed by atoms with Crippen LogP contribution in [0.1, 0.15) is 25.0 Å². The Labute approximate surface area is 91.9 Å². The number of aromatic nitrogens is 1. The highest BCUT2D eigenvalue weighted by Gasteiger charge is 2.03. The zero-order chi connectivity index (χ0) is 11.3. The highest BCUT2D eigenvalue weighted by Crippen LogP contribution is 2.22. The fourth-order valence-electron chi connectivity index (χ4n) is 1.57. The molecule has 0 bridgehead atoms. The Balaban J connectivity index is 3.31. The van der Waals surface area contributed by atoms with E-state index in [0.29, 0.717) is 0 Å². The Hall–Kier alpha value is -1.63. The summed E-state index contributed by atoms with van der Waals surface area (Å²) in [5.41, 5.74) is 4.74. The summed E-state index contributed by atoms with van der Waals surface area (Å²) >= 11 is 0. The maximum absolute atomic E-state index is 4.15. The van der Waals surface area contributed by atoms with Gasteiger partial charge in [-0.2, -0.15) is 0 Å². The Kier molecular flexibility index (Phi) is 4.04. The topological polar surface area (TPSA) is 12.9 Å². The van der Waals surface area contributed by atoms with E-state index in [1.807, 2.05) is 37.5 Å². The molecule has 1 heterocycles. The lowest BCUT2D eigenvalue weighted by Gasteiger charge is -2.08. The van der Waals surface area contributed by atoms with Crippen LogP contribution >= 0.6 is 0 Å². The Morgan fingerprint density at radius 1 is 1.47 bits per heavy atom. The van der Waals surface area contributed by atoms with Gasteiger partial charge in [-0.1, -0.05) is 24.8 Å². The molecule has 0 saturated heterocycles. The molecule has 1 heteroatoms.